The standard InChI is InChI=1S/C12H17N3O2/c1-15(8-11(16)9-17-2)7-10-4-3-5-14-12(10)6-13/h3-5,11,16H,7-9H2,1-2H3. The van der Waals surface area contributed by atoms with Crippen LogP contribution in [0.5, 0.6) is 0 Å². The molecule has 5 heteroatoms. The Kier molecular flexibility index (Phi) is 5.57. The summed E-state index contributed by atoms with van der Waals surface area (Å²) in [4.78, 5) is 5.92. The minimum atomic E-state index is -0.521. The maximum Gasteiger partial charge on any atom is 0.144 e. The van der Waals surface area contributed by atoms with Gasteiger partial charge in [-0.2, -0.15) is 5.26 Å². The number of hydrogen-bond donors (Lipinski definition) is 1. The van der Waals surface area contributed by atoms with Crippen molar-refractivity contribution in [2.24, 2.45) is 0 Å². The molecular weight excluding hydrogens is 218 g/mol. The highest BCUT2D eigenvalue weighted by Gasteiger charge is 2.10. The molecule has 0 bridgehead atoms. The SMILES string of the molecule is COCC(O)CN(C)Cc1cccnc1C#N. The zero-order chi connectivity index (χ0) is 12.7. The molecule has 5 nitrogen and oxygen atoms in total. The molecule has 1 heterocycles. The van der Waals surface area contributed by atoms with Crippen molar-refractivity contribution >= 4 is 0 Å². The number of nitriles is 1. The van der Waals surface area contributed by atoms with E-state index in [2.05, 4.69) is 11.1 Å². The molecule has 0 aliphatic heterocycles. The molecule has 17 heavy (non-hydrogen) atoms. The van der Waals surface area contributed by atoms with Crippen molar-refractivity contribution in [1.29, 1.82) is 5.26 Å². The molecule has 1 aromatic rings. The van der Waals surface area contributed by atoms with Crippen LogP contribution in [0.15, 0.2) is 18.3 Å². The third-order valence-electron chi connectivity index (χ3n) is 2.32. The number of nitrogens with zero attached hydrogens (tertiary/aromatic N) is 3. The lowest BCUT2D eigenvalue weighted by molar-refractivity contribution is 0.0418. The Morgan fingerprint density at radius 3 is 3.06 bits per heavy atom. The molecule has 0 aliphatic rings. The third kappa shape index (κ3) is 4.49. The van der Waals surface area contributed by atoms with Crippen LogP contribution in [0.25, 0.3) is 0 Å². The number of pyridine rings is 1. The van der Waals surface area contributed by atoms with Gasteiger partial charge in [0, 0.05) is 32.0 Å². The molecular formula is C12H17N3O2. The average molecular weight is 235 g/mol. The average Bonchev–Trinajstić information content (AvgIpc) is 2.29. The van der Waals surface area contributed by atoms with Crippen LogP contribution < -0.4 is 0 Å². The first-order valence-corrected chi connectivity index (χ1v) is 5.37. The zero-order valence-corrected chi connectivity index (χ0v) is 10.1. The Morgan fingerprint density at radius 2 is 2.41 bits per heavy atom. The van der Waals surface area contributed by atoms with Gasteiger partial charge in [-0.1, -0.05) is 6.07 Å². The first kappa shape index (κ1) is 13.6. The lowest BCUT2D eigenvalue weighted by Gasteiger charge is -2.20. The third-order valence-corrected chi connectivity index (χ3v) is 2.32. The molecule has 0 spiro atoms. The summed E-state index contributed by atoms with van der Waals surface area (Å²) < 4.78 is 4.86. The fourth-order valence-electron chi connectivity index (χ4n) is 1.63. The van der Waals surface area contributed by atoms with Gasteiger partial charge < -0.3 is 9.84 Å². The molecule has 1 aromatic heterocycles. The van der Waals surface area contributed by atoms with Crippen LogP contribution in [0.4, 0.5) is 0 Å². The van der Waals surface area contributed by atoms with Crippen molar-refractivity contribution in [3.63, 3.8) is 0 Å². The van der Waals surface area contributed by atoms with Crippen LogP contribution in [0.1, 0.15) is 11.3 Å². The lowest BCUT2D eigenvalue weighted by Crippen LogP contribution is -2.31. The summed E-state index contributed by atoms with van der Waals surface area (Å²) >= 11 is 0. The van der Waals surface area contributed by atoms with E-state index in [1.165, 1.54) is 0 Å². The molecule has 0 aliphatic carbocycles. The smallest absolute Gasteiger partial charge is 0.144 e. The van der Waals surface area contributed by atoms with Crippen LogP contribution in [-0.4, -0.2) is 48.4 Å². The number of aliphatic hydroxyl groups is 1. The highest BCUT2D eigenvalue weighted by Crippen LogP contribution is 2.07. The van der Waals surface area contributed by atoms with E-state index >= 15 is 0 Å². The van der Waals surface area contributed by atoms with Crippen LogP contribution in [-0.2, 0) is 11.3 Å². The predicted octanol–water partition coefficient (Wildman–Crippen LogP) is 0.392. The number of aliphatic hydroxyl groups excluding tert-OH is 1. The van der Waals surface area contributed by atoms with Crippen LogP contribution in [0.3, 0.4) is 0 Å². The van der Waals surface area contributed by atoms with Crippen LogP contribution >= 0.6 is 0 Å². The number of likely N-dealkylation sites (N-methyl/N-ethyl adjacent to an activating group) is 1. The Bertz CT molecular complexity index is 390. The monoisotopic (exact) mass is 235 g/mol. The van der Waals surface area contributed by atoms with E-state index in [1.807, 2.05) is 18.0 Å². The number of ether oxygens (including phenoxy) is 1. The van der Waals surface area contributed by atoms with Gasteiger partial charge in [-0.3, -0.25) is 4.90 Å². The van der Waals surface area contributed by atoms with Gasteiger partial charge >= 0.3 is 0 Å². The second-order valence-corrected chi connectivity index (χ2v) is 3.93. The lowest BCUT2D eigenvalue weighted by atomic mass is 10.2. The topological polar surface area (TPSA) is 69.4 Å². The van der Waals surface area contributed by atoms with E-state index in [0.29, 0.717) is 25.4 Å². The van der Waals surface area contributed by atoms with Crippen molar-refractivity contribution < 1.29 is 9.84 Å². The van der Waals surface area contributed by atoms with Crippen LogP contribution in [0, 0.1) is 11.3 Å². The van der Waals surface area contributed by atoms with Crippen molar-refractivity contribution in [3.8, 4) is 6.07 Å². The van der Waals surface area contributed by atoms with Crippen molar-refractivity contribution in [2.45, 2.75) is 12.6 Å². The number of hydrogen-bond acceptors (Lipinski definition) is 5. The molecule has 1 unspecified atom stereocenters. The number of rotatable bonds is 6. The summed E-state index contributed by atoms with van der Waals surface area (Å²) in [7, 11) is 3.44. The fraction of sp³-hybridized carbons (Fsp3) is 0.500. The molecule has 0 radical (unpaired) electrons. The van der Waals surface area contributed by atoms with Crippen molar-refractivity contribution in [2.75, 3.05) is 27.3 Å². The Balaban J connectivity index is 2.56. The number of aromatic nitrogens is 1. The summed E-state index contributed by atoms with van der Waals surface area (Å²) in [6.45, 7) is 1.38. The van der Waals surface area contributed by atoms with Crippen molar-refractivity contribution in [3.05, 3.63) is 29.6 Å². The maximum absolute atomic E-state index is 9.58. The molecule has 0 aromatic carbocycles. The highest BCUT2D eigenvalue weighted by atomic mass is 16.5. The molecule has 1 rings (SSSR count). The van der Waals surface area contributed by atoms with Crippen LogP contribution in [0.2, 0.25) is 0 Å². The Hall–Kier alpha value is -1.48. The minimum absolute atomic E-state index is 0.308. The Labute approximate surface area is 101 Å². The van der Waals surface area contributed by atoms with Gasteiger partial charge in [0.25, 0.3) is 0 Å². The number of methoxy groups -OCH3 is 1. The largest absolute Gasteiger partial charge is 0.389 e. The van der Waals surface area contributed by atoms with E-state index in [1.54, 1.807) is 19.4 Å². The molecule has 1 atom stereocenters. The normalized spacial score (nSPS) is 12.4. The van der Waals surface area contributed by atoms with E-state index < -0.39 is 6.10 Å². The fourth-order valence-corrected chi connectivity index (χ4v) is 1.63. The zero-order valence-electron chi connectivity index (χ0n) is 10.1. The Morgan fingerprint density at radius 1 is 1.65 bits per heavy atom. The highest BCUT2D eigenvalue weighted by molar-refractivity contribution is 5.30. The van der Waals surface area contributed by atoms with Gasteiger partial charge in [-0.25, -0.2) is 4.98 Å². The summed E-state index contributed by atoms with van der Waals surface area (Å²) in [5.41, 5.74) is 1.29. The summed E-state index contributed by atoms with van der Waals surface area (Å²) in [5, 5.41) is 18.5. The first-order valence-electron chi connectivity index (χ1n) is 5.37. The quantitative estimate of drug-likeness (QED) is 0.772. The maximum atomic E-state index is 9.58. The van der Waals surface area contributed by atoms with E-state index in [4.69, 9.17) is 10.00 Å². The van der Waals surface area contributed by atoms with Gasteiger partial charge in [0.1, 0.15) is 11.8 Å². The van der Waals surface area contributed by atoms with E-state index in [0.717, 1.165) is 5.56 Å². The van der Waals surface area contributed by atoms with Gasteiger partial charge in [0.15, 0.2) is 0 Å². The first-order chi connectivity index (χ1) is 8.17. The molecule has 0 amide bonds. The van der Waals surface area contributed by atoms with Gasteiger partial charge in [0.05, 0.1) is 12.7 Å². The van der Waals surface area contributed by atoms with Gasteiger partial charge in [-0.05, 0) is 13.1 Å². The summed E-state index contributed by atoms with van der Waals surface area (Å²) in [6.07, 6.45) is 1.08. The predicted molar refractivity (Wildman–Crippen MR) is 63.2 cm³/mol. The van der Waals surface area contributed by atoms with E-state index in [9.17, 15) is 5.11 Å². The van der Waals surface area contributed by atoms with E-state index in [-0.39, 0.29) is 0 Å². The second kappa shape index (κ2) is 6.97. The molecule has 1 N–H and O–H groups in total. The summed E-state index contributed by atoms with van der Waals surface area (Å²) in [5.74, 6) is 0. The molecule has 92 valence electrons. The second-order valence-electron chi connectivity index (χ2n) is 3.93. The molecule has 0 fully saturated rings. The van der Waals surface area contributed by atoms with Gasteiger partial charge in [-0.15, -0.1) is 0 Å². The molecule has 0 saturated carbocycles. The summed E-state index contributed by atoms with van der Waals surface area (Å²) in [6, 6.07) is 5.72. The minimum Gasteiger partial charge on any atom is -0.389 e. The van der Waals surface area contributed by atoms with Gasteiger partial charge in [0.2, 0.25) is 0 Å². The molecule has 0 saturated heterocycles. The van der Waals surface area contributed by atoms with Crippen molar-refractivity contribution in [1.82, 2.24) is 9.88 Å².